The van der Waals surface area contributed by atoms with Crippen LogP contribution in [0.2, 0.25) is 0 Å². The van der Waals surface area contributed by atoms with Gasteiger partial charge >= 0.3 is 5.97 Å². The van der Waals surface area contributed by atoms with Gasteiger partial charge < -0.3 is 9.47 Å². The molecular formula is C27H21N3O5S3. The van der Waals surface area contributed by atoms with Gasteiger partial charge in [-0.3, -0.25) is 19.2 Å². The lowest BCUT2D eigenvalue weighted by Gasteiger charge is -2.12. The molecule has 38 heavy (non-hydrogen) atoms. The normalized spacial score (nSPS) is 14.4. The Morgan fingerprint density at radius 2 is 1.79 bits per heavy atom. The molecule has 1 fully saturated rings. The van der Waals surface area contributed by atoms with Crippen molar-refractivity contribution in [3.63, 3.8) is 0 Å². The fourth-order valence-corrected chi connectivity index (χ4v) is 5.90. The molecule has 0 saturated carbocycles. The number of hydrogen-bond acceptors (Lipinski definition) is 8. The van der Waals surface area contributed by atoms with Crippen LogP contribution in [-0.2, 0) is 11.8 Å². The molecule has 0 aliphatic carbocycles. The number of anilines is 1. The summed E-state index contributed by atoms with van der Waals surface area (Å²) >= 11 is 7.92. The van der Waals surface area contributed by atoms with E-state index in [9.17, 15) is 14.4 Å². The zero-order valence-corrected chi connectivity index (χ0v) is 23.0. The van der Waals surface area contributed by atoms with Gasteiger partial charge in [-0.2, -0.15) is 0 Å². The van der Waals surface area contributed by atoms with Crippen LogP contribution < -0.4 is 19.9 Å². The third-order valence-electron chi connectivity index (χ3n) is 5.95. The van der Waals surface area contributed by atoms with Gasteiger partial charge in [-0.1, -0.05) is 54.3 Å². The summed E-state index contributed by atoms with van der Waals surface area (Å²) in [5, 5.41) is 1.79. The predicted molar refractivity (Wildman–Crippen MR) is 154 cm³/mol. The number of hydrogen-bond donors (Lipinski definition) is 0. The number of thiocarbonyl (C=S) groups is 1. The van der Waals surface area contributed by atoms with E-state index < -0.39 is 11.9 Å². The second kappa shape index (κ2) is 10.4. The van der Waals surface area contributed by atoms with Crippen molar-refractivity contribution in [3.05, 3.63) is 97.4 Å². The number of amides is 1. The van der Waals surface area contributed by atoms with Gasteiger partial charge in [-0.15, -0.1) is 11.3 Å². The first-order chi connectivity index (χ1) is 18.3. The highest BCUT2D eigenvalue weighted by atomic mass is 32.2. The Bertz CT molecular complexity index is 1650. The number of rotatable bonds is 6. The number of thioether (sulfide) groups is 1. The molecule has 0 atom stereocenters. The molecular weight excluding hydrogens is 543 g/mol. The number of para-hydroxylation sites is 1. The Kier molecular flexibility index (Phi) is 7.06. The van der Waals surface area contributed by atoms with E-state index in [4.69, 9.17) is 21.7 Å². The van der Waals surface area contributed by atoms with E-state index in [2.05, 4.69) is 0 Å². The minimum Gasteiger partial charge on any atom is -0.493 e. The lowest BCUT2D eigenvalue weighted by Crippen LogP contribution is -2.33. The van der Waals surface area contributed by atoms with Crippen LogP contribution in [0.25, 0.3) is 11.8 Å². The fourth-order valence-electron chi connectivity index (χ4n) is 4.03. The minimum absolute atomic E-state index is 0.218. The molecule has 8 nitrogen and oxygen atoms in total. The lowest BCUT2D eigenvalue weighted by molar-refractivity contribution is -0.113. The molecule has 192 valence electrons. The summed E-state index contributed by atoms with van der Waals surface area (Å²) in [6, 6.07) is 17.6. The summed E-state index contributed by atoms with van der Waals surface area (Å²) < 4.78 is 14.4. The van der Waals surface area contributed by atoms with Crippen LogP contribution in [0, 0.1) is 6.92 Å². The Labute approximate surface area is 231 Å². The van der Waals surface area contributed by atoms with Crippen molar-refractivity contribution in [1.82, 2.24) is 9.36 Å². The molecule has 0 unspecified atom stereocenters. The van der Waals surface area contributed by atoms with Crippen LogP contribution in [0.3, 0.4) is 0 Å². The minimum atomic E-state index is -0.480. The summed E-state index contributed by atoms with van der Waals surface area (Å²) in [6.45, 7) is 1.78. The average molecular weight is 564 g/mol. The van der Waals surface area contributed by atoms with E-state index in [1.54, 1.807) is 60.4 Å². The molecule has 0 bridgehead atoms. The Morgan fingerprint density at radius 3 is 2.47 bits per heavy atom. The lowest BCUT2D eigenvalue weighted by atomic mass is 10.2. The van der Waals surface area contributed by atoms with Crippen LogP contribution in [0.15, 0.2) is 75.7 Å². The molecule has 0 N–H and O–H groups in total. The Hall–Kier alpha value is -3.93. The number of methoxy groups -OCH3 is 1. The summed E-state index contributed by atoms with van der Waals surface area (Å²) in [5.74, 6) is -0.273. The van der Waals surface area contributed by atoms with Gasteiger partial charge in [0.25, 0.3) is 11.5 Å². The molecule has 5 rings (SSSR count). The monoisotopic (exact) mass is 563 g/mol. The maximum Gasteiger partial charge on any atom is 0.353 e. The van der Waals surface area contributed by atoms with Crippen molar-refractivity contribution in [2.75, 3.05) is 12.0 Å². The van der Waals surface area contributed by atoms with E-state index in [1.807, 2.05) is 30.3 Å². The van der Waals surface area contributed by atoms with Crippen molar-refractivity contribution < 1.29 is 19.1 Å². The molecule has 11 heteroatoms. The Balaban J connectivity index is 1.45. The van der Waals surface area contributed by atoms with E-state index in [0.29, 0.717) is 32.5 Å². The number of carbonyl (C=O) groups excluding carboxylic acids is 2. The van der Waals surface area contributed by atoms with E-state index in [-0.39, 0.29) is 21.3 Å². The predicted octanol–water partition coefficient (Wildman–Crippen LogP) is 5.18. The number of esters is 1. The van der Waals surface area contributed by atoms with Crippen LogP contribution >= 0.6 is 35.3 Å². The van der Waals surface area contributed by atoms with Crippen molar-refractivity contribution in [2.24, 2.45) is 7.05 Å². The molecule has 4 aromatic rings. The topological polar surface area (TPSA) is 82.8 Å². The molecule has 3 heterocycles. The van der Waals surface area contributed by atoms with Gasteiger partial charge in [0.05, 0.1) is 23.4 Å². The molecule has 1 aliphatic rings. The maximum atomic E-state index is 13.5. The SMILES string of the molecule is COc1cc(/C=C2/SC(=S)N(c3c(C)n(C)n(-c4ccccc4)c3=O)C2=O)ccc1OC(=O)c1cccs1. The van der Waals surface area contributed by atoms with Crippen molar-refractivity contribution in [1.29, 1.82) is 0 Å². The molecule has 2 aromatic carbocycles. The first-order valence-corrected chi connectivity index (χ1v) is 13.5. The third-order valence-corrected chi connectivity index (χ3v) is 8.10. The van der Waals surface area contributed by atoms with Crippen LogP contribution in [-0.4, -0.2) is 32.7 Å². The van der Waals surface area contributed by atoms with Crippen LogP contribution in [0.1, 0.15) is 20.9 Å². The van der Waals surface area contributed by atoms with Crippen molar-refractivity contribution in [2.45, 2.75) is 6.92 Å². The number of ether oxygens (including phenoxy) is 2. The van der Waals surface area contributed by atoms with Gasteiger partial charge in [0, 0.05) is 7.05 Å². The summed E-state index contributed by atoms with van der Waals surface area (Å²) in [6.07, 6.45) is 1.67. The average Bonchev–Trinajstić information content (AvgIpc) is 3.60. The second-order valence-corrected chi connectivity index (χ2v) is 10.8. The molecule has 2 aromatic heterocycles. The molecule has 1 aliphatic heterocycles. The van der Waals surface area contributed by atoms with Gasteiger partial charge in [-0.25, -0.2) is 9.48 Å². The highest BCUT2D eigenvalue weighted by molar-refractivity contribution is 8.27. The first-order valence-electron chi connectivity index (χ1n) is 11.4. The molecule has 0 radical (unpaired) electrons. The highest BCUT2D eigenvalue weighted by Gasteiger charge is 2.37. The maximum absolute atomic E-state index is 13.5. The van der Waals surface area contributed by atoms with Crippen LogP contribution in [0.5, 0.6) is 11.5 Å². The highest BCUT2D eigenvalue weighted by Crippen LogP contribution is 2.37. The van der Waals surface area contributed by atoms with Crippen LogP contribution in [0.4, 0.5) is 5.69 Å². The fraction of sp³-hybridized carbons (Fsp3) is 0.111. The summed E-state index contributed by atoms with van der Waals surface area (Å²) in [4.78, 5) is 41.4. The summed E-state index contributed by atoms with van der Waals surface area (Å²) in [5.41, 5.74) is 1.81. The zero-order chi connectivity index (χ0) is 27.0. The standard InChI is InChI=1S/C27H21N3O5S3/c1-16-23(25(32)30(28(16)2)18-8-5-4-6-9-18)29-24(31)22(38-27(29)36)15-17-11-12-19(20(14-17)34-3)35-26(33)21-10-7-13-37-21/h4-15H,1-3H3/b22-15+. The number of benzene rings is 2. The quantitative estimate of drug-likeness (QED) is 0.138. The van der Waals surface area contributed by atoms with Gasteiger partial charge in [-0.05, 0) is 54.3 Å². The molecule has 1 saturated heterocycles. The van der Waals surface area contributed by atoms with Crippen molar-refractivity contribution >= 4 is 63.3 Å². The van der Waals surface area contributed by atoms with E-state index in [0.717, 1.165) is 11.8 Å². The first kappa shape index (κ1) is 25.7. The largest absolute Gasteiger partial charge is 0.493 e. The molecule has 1 amide bonds. The number of nitrogens with zero attached hydrogens (tertiary/aromatic N) is 3. The number of thiophene rings is 1. The van der Waals surface area contributed by atoms with Gasteiger partial charge in [0.1, 0.15) is 10.6 Å². The van der Waals surface area contributed by atoms with E-state index in [1.165, 1.54) is 28.0 Å². The van der Waals surface area contributed by atoms with Gasteiger partial charge in [0.15, 0.2) is 15.8 Å². The zero-order valence-electron chi connectivity index (χ0n) is 20.5. The Morgan fingerprint density at radius 1 is 1.03 bits per heavy atom. The molecule has 0 spiro atoms. The van der Waals surface area contributed by atoms with E-state index >= 15 is 0 Å². The van der Waals surface area contributed by atoms with Gasteiger partial charge in [0.2, 0.25) is 0 Å². The number of carbonyl (C=O) groups is 2. The third kappa shape index (κ3) is 4.60. The number of aromatic nitrogens is 2. The second-order valence-electron chi connectivity index (χ2n) is 8.20. The smallest absolute Gasteiger partial charge is 0.353 e. The van der Waals surface area contributed by atoms with Crippen molar-refractivity contribution in [3.8, 4) is 17.2 Å². The summed E-state index contributed by atoms with van der Waals surface area (Å²) in [7, 11) is 3.23.